The third-order valence-corrected chi connectivity index (χ3v) is 12.3. The average molecular weight is 944 g/mol. The van der Waals surface area contributed by atoms with Crippen LogP contribution in [0.2, 0.25) is 0 Å². The Kier molecular flexibility index (Phi) is 11.9. The quantitative estimate of drug-likeness (QED) is 0.0565. The number of aliphatic hydroxyl groups is 1. The zero-order valence-corrected chi connectivity index (χ0v) is 37.9. The fourth-order valence-electron chi connectivity index (χ4n) is 8.78. The molecule has 0 saturated carbocycles. The van der Waals surface area contributed by atoms with Gasteiger partial charge in [0.1, 0.15) is 48.8 Å². The van der Waals surface area contributed by atoms with Crippen molar-refractivity contribution in [3.63, 3.8) is 0 Å². The molecule has 2 amide bonds. The van der Waals surface area contributed by atoms with Crippen LogP contribution < -0.4 is 25.5 Å². The minimum absolute atomic E-state index is 0.0326. The number of hydrogen-bond donors (Lipinski definition) is 6. The van der Waals surface area contributed by atoms with Crippen LogP contribution in [-0.2, 0) is 16.1 Å². The number of allylic oxidation sites excluding steroid dienone is 3. The Labute approximate surface area is 397 Å². The number of anilines is 1. The van der Waals surface area contributed by atoms with E-state index in [4.69, 9.17) is 13.6 Å². The first kappa shape index (κ1) is 45.9. The maximum atomic E-state index is 13.6. The van der Waals surface area contributed by atoms with E-state index in [9.17, 15) is 49.2 Å². The van der Waals surface area contributed by atoms with E-state index in [0.29, 0.717) is 44.6 Å². The van der Waals surface area contributed by atoms with Gasteiger partial charge in [-0.1, -0.05) is 24.3 Å². The number of carbonyl (C=O) groups excluding carboxylic acids is 3. The fourth-order valence-corrected chi connectivity index (χ4v) is 8.78. The highest BCUT2D eigenvalue weighted by Gasteiger charge is 2.40. The molecule has 3 heterocycles. The molecule has 0 saturated heterocycles. The third-order valence-electron chi connectivity index (χ3n) is 12.3. The van der Waals surface area contributed by atoms with Crippen LogP contribution in [0.4, 0.5) is 5.69 Å². The van der Waals surface area contributed by atoms with Gasteiger partial charge in [0.25, 0.3) is 11.8 Å². The lowest BCUT2D eigenvalue weighted by molar-refractivity contribution is -0.111. The van der Waals surface area contributed by atoms with E-state index < -0.39 is 47.5 Å². The molecule has 70 heavy (non-hydrogen) atoms. The van der Waals surface area contributed by atoms with Crippen LogP contribution >= 0.6 is 0 Å². The number of rotatable bonds is 12. The largest absolute Gasteiger partial charge is 0.508 e. The van der Waals surface area contributed by atoms with Crippen LogP contribution in [0.5, 0.6) is 0 Å². The zero-order valence-electron chi connectivity index (χ0n) is 37.9. The minimum Gasteiger partial charge on any atom is -0.508 e. The SMILES string of the molecule is CN(C)c1ccc2c(-c3ccc(C(=O)NCc4ccc(C(=O)NCC5=C6OC7C=C(O)C=CC7=C(c7ccc(C(=O)O)cc7C(=O)O)C6C=CC5=O)o4)cc3C(=O)O)c3ccc(=[N+](C)C)cc-3oc2c1. The van der Waals surface area contributed by atoms with Crippen LogP contribution in [0.1, 0.15) is 63.3 Å². The maximum absolute atomic E-state index is 13.6. The lowest BCUT2D eigenvalue weighted by Crippen LogP contribution is -2.34. The second kappa shape index (κ2) is 18.1. The highest BCUT2D eigenvalue weighted by atomic mass is 16.5. The van der Waals surface area contributed by atoms with Crippen molar-refractivity contribution in [2.75, 3.05) is 39.6 Å². The van der Waals surface area contributed by atoms with Crippen molar-refractivity contribution >= 4 is 57.7 Å². The van der Waals surface area contributed by atoms with Crippen molar-refractivity contribution in [1.82, 2.24) is 15.2 Å². The average Bonchev–Trinajstić information content (AvgIpc) is 3.82. The Morgan fingerprint density at radius 2 is 1.41 bits per heavy atom. The second-order valence-electron chi connectivity index (χ2n) is 17.1. The Balaban J connectivity index is 0.937. The van der Waals surface area contributed by atoms with Gasteiger partial charge in [0.05, 0.1) is 47.3 Å². The number of nitrogens with zero attached hydrogens (tertiary/aromatic N) is 2. The molecule has 2 unspecified atom stereocenters. The van der Waals surface area contributed by atoms with E-state index in [-0.39, 0.29) is 69.5 Å². The van der Waals surface area contributed by atoms with Crippen LogP contribution in [-0.4, -0.2) is 96.8 Å². The molecular formula is C53H43N4O13+. The number of fused-ring (bicyclic) bond motifs is 4. The smallest absolute Gasteiger partial charge is 0.336 e. The highest BCUT2D eigenvalue weighted by molar-refractivity contribution is 6.10. The van der Waals surface area contributed by atoms with E-state index in [1.807, 2.05) is 74.1 Å². The first-order valence-electron chi connectivity index (χ1n) is 21.7. The normalized spacial score (nSPS) is 16.1. The molecule has 0 radical (unpaired) electrons. The number of benzene rings is 4. The summed E-state index contributed by atoms with van der Waals surface area (Å²) in [6.07, 6.45) is 6.16. The summed E-state index contributed by atoms with van der Waals surface area (Å²) >= 11 is 0. The monoisotopic (exact) mass is 943 g/mol. The number of nitrogens with one attached hydrogen (secondary N) is 2. The maximum Gasteiger partial charge on any atom is 0.336 e. The number of carboxylic acids is 3. The first-order chi connectivity index (χ1) is 33.5. The van der Waals surface area contributed by atoms with E-state index in [1.165, 1.54) is 60.7 Å². The second-order valence-corrected chi connectivity index (χ2v) is 17.1. The van der Waals surface area contributed by atoms with Gasteiger partial charge in [0.2, 0.25) is 5.36 Å². The number of amides is 2. The summed E-state index contributed by atoms with van der Waals surface area (Å²) in [5, 5.41) is 47.6. The Morgan fingerprint density at radius 1 is 0.714 bits per heavy atom. The highest BCUT2D eigenvalue weighted by Crippen LogP contribution is 2.47. The van der Waals surface area contributed by atoms with Gasteiger partial charge in [0.15, 0.2) is 11.5 Å². The number of ether oxygens (including phenoxy) is 1. The molecule has 9 rings (SSSR count). The van der Waals surface area contributed by atoms with Gasteiger partial charge in [-0.3, -0.25) is 14.4 Å². The number of furan rings is 1. The molecule has 3 aliphatic carbocycles. The van der Waals surface area contributed by atoms with E-state index in [2.05, 4.69) is 10.6 Å². The fraction of sp³-hybridized carbons (Fsp3) is 0.151. The van der Waals surface area contributed by atoms with E-state index in [1.54, 1.807) is 12.1 Å². The molecule has 0 spiro atoms. The predicted molar refractivity (Wildman–Crippen MR) is 256 cm³/mol. The van der Waals surface area contributed by atoms with Crippen LogP contribution in [0.25, 0.3) is 39.0 Å². The summed E-state index contributed by atoms with van der Waals surface area (Å²) in [5.41, 5.74) is 3.58. The number of hydrogen-bond acceptors (Lipinski definition) is 11. The molecule has 0 fully saturated rings. The summed E-state index contributed by atoms with van der Waals surface area (Å²) in [4.78, 5) is 79.5. The topological polar surface area (TPSA) is 249 Å². The molecule has 352 valence electrons. The van der Waals surface area contributed by atoms with Gasteiger partial charge in [-0.2, -0.15) is 0 Å². The van der Waals surface area contributed by atoms with Crippen LogP contribution in [0.3, 0.4) is 0 Å². The predicted octanol–water partition coefficient (Wildman–Crippen LogP) is 6.52. The third kappa shape index (κ3) is 8.51. The molecule has 1 aromatic heterocycles. The van der Waals surface area contributed by atoms with Gasteiger partial charge >= 0.3 is 17.9 Å². The molecule has 0 bridgehead atoms. The number of carbonyl (C=O) groups is 6. The lowest BCUT2D eigenvalue weighted by Gasteiger charge is -2.37. The summed E-state index contributed by atoms with van der Waals surface area (Å²) < 4.78 is 20.4. The van der Waals surface area contributed by atoms with Crippen molar-refractivity contribution < 1.29 is 62.8 Å². The van der Waals surface area contributed by atoms with E-state index >= 15 is 0 Å². The number of ketones is 1. The summed E-state index contributed by atoms with van der Waals surface area (Å²) in [6, 6.07) is 22.3. The van der Waals surface area contributed by atoms with Crippen LogP contribution in [0, 0.1) is 5.92 Å². The summed E-state index contributed by atoms with van der Waals surface area (Å²) in [6.45, 7) is -0.535. The molecule has 5 aliphatic rings. The summed E-state index contributed by atoms with van der Waals surface area (Å²) in [5.74, 6) is -6.12. The lowest BCUT2D eigenvalue weighted by atomic mass is 9.76. The van der Waals surface area contributed by atoms with Gasteiger partial charge in [-0.15, -0.1) is 0 Å². The van der Waals surface area contributed by atoms with Gasteiger partial charge < -0.3 is 49.5 Å². The van der Waals surface area contributed by atoms with Crippen molar-refractivity contribution in [2.45, 2.75) is 12.6 Å². The summed E-state index contributed by atoms with van der Waals surface area (Å²) in [7, 11) is 7.63. The molecular weight excluding hydrogens is 901 g/mol. The molecule has 2 atom stereocenters. The Bertz CT molecular complexity index is 3490. The number of aromatic carboxylic acids is 3. The molecule has 3 aromatic carbocycles. The van der Waals surface area contributed by atoms with Crippen LogP contribution in [0.15, 0.2) is 147 Å². The molecule has 17 nitrogen and oxygen atoms in total. The number of aliphatic hydroxyl groups excluding tert-OH is 1. The molecule has 6 N–H and O–H groups in total. The van der Waals surface area contributed by atoms with Gasteiger partial charge in [-0.05, 0) is 83.4 Å². The Morgan fingerprint density at radius 3 is 2.14 bits per heavy atom. The number of carboxylic acid groups (broad SMARTS) is 3. The molecule has 2 aliphatic heterocycles. The first-order valence-corrected chi connectivity index (χ1v) is 21.7. The van der Waals surface area contributed by atoms with Crippen molar-refractivity contribution in [3.05, 3.63) is 183 Å². The van der Waals surface area contributed by atoms with Gasteiger partial charge in [0, 0.05) is 65.6 Å². The Hall–Kier alpha value is -9.25. The molecule has 17 heteroatoms. The minimum atomic E-state index is -1.39. The van der Waals surface area contributed by atoms with E-state index in [0.717, 1.165) is 17.1 Å². The van der Waals surface area contributed by atoms with Gasteiger partial charge in [-0.25, -0.2) is 19.0 Å². The zero-order chi connectivity index (χ0) is 49.7. The van der Waals surface area contributed by atoms with Crippen molar-refractivity contribution in [2.24, 2.45) is 5.92 Å². The molecule has 4 aromatic rings. The standard InChI is InChI=1S/C53H42N4O13/c1-56(2)28-7-13-34-43(21-28)69-44-22-29(57(3)4)8-14-35(44)46(34)32-11-5-26(19-38(32)52(64)65)49(60)54-24-31-10-18-42(68-31)50(61)55-25-40-41(59)17-16-37-47(36-15-9-30(58)23-45(36)70-48(37)40)33-12-6-27(51(62)63)20-39(33)53(66)67/h5-23,37,45H,24-25H2,1-4H3,(H5-,54,55,58,60,61,62,63,64,65,66,67)/p+1. The van der Waals surface area contributed by atoms with Crippen molar-refractivity contribution in [3.8, 4) is 22.5 Å². The van der Waals surface area contributed by atoms with Crippen molar-refractivity contribution in [1.29, 1.82) is 0 Å².